The zero-order valence-corrected chi connectivity index (χ0v) is 10.4. The predicted molar refractivity (Wildman–Crippen MR) is 70.4 cm³/mol. The summed E-state index contributed by atoms with van der Waals surface area (Å²) in [7, 11) is 0. The van der Waals surface area contributed by atoms with Gasteiger partial charge in [-0.05, 0) is 12.8 Å². The van der Waals surface area contributed by atoms with Crippen molar-refractivity contribution in [3.8, 4) is 0 Å². The molecule has 1 aromatic rings. The maximum absolute atomic E-state index is 11.9. The molecular weight excluding hydrogens is 228 g/mol. The number of hydrogen-bond acceptors (Lipinski definition) is 4. The maximum Gasteiger partial charge on any atom is 0.271 e. The highest BCUT2D eigenvalue weighted by Crippen LogP contribution is 2.17. The molecule has 2 N–H and O–H groups in total. The van der Waals surface area contributed by atoms with Crippen molar-refractivity contribution in [2.24, 2.45) is 0 Å². The molecule has 0 unspecified atom stereocenters. The molecule has 0 saturated heterocycles. The summed E-state index contributed by atoms with van der Waals surface area (Å²) in [6.07, 6.45) is 9.32. The highest BCUT2D eigenvalue weighted by molar-refractivity contribution is 5.92. The molecule has 0 aliphatic heterocycles. The summed E-state index contributed by atoms with van der Waals surface area (Å²) in [5.41, 5.74) is 0.367. The van der Waals surface area contributed by atoms with Crippen molar-refractivity contribution in [2.75, 3.05) is 11.9 Å². The summed E-state index contributed by atoms with van der Waals surface area (Å²) < 4.78 is 0. The highest BCUT2D eigenvalue weighted by atomic mass is 16.1. The number of anilines is 1. The molecule has 1 saturated carbocycles. The third kappa shape index (κ3) is 3.29. The Labute approximate surface area is 107 Å². The second kappa shape index (κ2) is 6.14. The predicted octanol–water partition coefficient (Wildman–Crippen LogP) is 1.75. The van der Waals surface area contributed by atoms with E-state index in [1.807, 2.05) is 0 Å². The molecule has 1 heterocycles. The Morgan fingerprint density at radius 3 is 2.78 bits per heavy atom. The molecule has 1 aliphatic rings. The van der Waals surface area contributed by atoms with Gasteiger partial charge >= 0.3 is 0 Å². The van der Waals surface area contributed by atoms with Crippen LogP contribution in [0.1, 0.15) is 36.2 Å². The molecule has 1 fully saturated rings. The van der Waals surface area contributed by atoms with Crippen LogP contribution >= 0.6 is 0 Å². The van der Waals surface area contributed by atoms with Crippen LogP contribution in [0.3, 0.4) is 0 Å². The average molecular weight is 246 g/mol. The van der Waals surface area contributed by atoms with Crippen molar-refractivity contribution in [3.63, 3.8) is 0 Å². The minimum Gasteiger partial charge on any atom is -0.365 e. The summed E-state index contributed by atoms with van der Waals surface area (Å²) in [6.45, 7) is 4.23. The van der Waals surface area contributed by atoms with E-state index < -0.39 is 0 Å². The molecule has 5 heteroatoms. The standard InChI is InChI=1S/C13H18N4O/c1-2-7-14-12-9-15-11(8-16-12)13(18)17-10-5-3-4-6-10/h2,8-10H,1,3-7H2,(H,14,16)(H,17,18). The lowest BCUT2D eigenvalue weighted by Crippen LogP contribution is -2.33. The van der Waals surface area contributed by atoms with E-state index in [0.717, 1.165) is 12.8 Å². The number of nitrogens with zero attached hydrogens (tertiary/aromatic N) is 2. The van der Waals surface area contributed by atoms with Crippen LogP contribution in [0.2, 0.25) is 0 Å². The third-order valence-corrected chi connectivity index (χ3v) is 3.00. The summed E-state index contributed by atoms with van der Waals surface area (Å²) in [6, 6.07) is 0.304. The second-order valence-electron chi connectivity index (χ2n) is 4.41. The van der Waals surface area contributed by atoms with E-state index in [2.05, 4.69) is 27.2 Å². The topological polar surface area (TPSA) is 66.9 Å². The summed E-state index contributed by atoms with van der Waals surface area (Å²) >= 11 is 0. The fourth-order valence-electron chi connectivity index (χ4n) is 2.04. The highest BCUT2D eigenvalue weighted by Gasteiger charge is 2.18. The second-order valence-corrected chi connectivity index (χ2v) is 4.41. The minimum absolute atomic E-state index is 0.135. The van der Waals surface area contributed by atoms with Crippen LogP contribution in [0.25, 0.3) is 0 Å². The number of carbonyl (C=O) groups excluding carboxylic acids is 1. The molecule has 0 radical (unpaired) electrons. The number of aromatic nitrogens is 2. The lowest BCUT2D eigenvalue weighted by molar-refractivity contribution is 0.0932. The van der Waals surface area contributed by atoms with Crippen LogP contribution in [-0.2, 0) is 0 Å². The maximum atomic E-state index is 11.9. The Balaban J connectivity index is 1.91. The fraction of sp³-hybridized carbons (Fsp3) is 0.462. The van der Waals surface area contributed by atoms with Crippen LogP contribution in [0.5, 0.6) is 0 Å². The molecule has 2 rings (SSSR count). The molecule has 18 heavy (non-hydrogen) atoms. The number of hydrogen-bond donors (Lipinski definition) is 2. The first-order chi connectivity index (χ1) is 8.79. The lowest BCUT2D eigenvalue weighted by Gasteiger charge is -2.11. The van der Waals surface area contributed by atoms with Crippen LogP contribution in [0, 0.1) is 0 Å². The van der Waals surface area contributed by atoms with Gasteiger partial charge in [-0.1, -0.05) is 18.9 Å². The van der Waals surface area contributed by atoms with E-state index >= 15 is 0 Å². The third-order valence-electron chi connectivity index (χ3n) is 3.00. The van der Waals surface area contributed by atoms with E-state index in [1.165, 1.54) is 19.0 Å². The fourth-order valence-corrected chi connectivity index (χ4v) is 2.04. The molecule has 0 spiro atoms. The average Bonchev–Trinajstić information content (AvgIpc) is 2.89. The monoisotopic (exact) mass is 246 g/mol. The van der Waals surface area contributed by atoms with E-state index in [-0.39, 0.29) is 5.91 Å². The summed E-state index contributed by atoms with van der Waals surface area (Å²) in [5, 5.41) is 5.99. The Morgan fingerprint density at radius 1 is 1.39 bits per heavy atom. The van der Waals surface area contributed by atoms with Crippen molar-refractivity contribution >= 4 is 11.7 Å². The smallest absolute Gasteiger partial charge is 0.271 e. The molecule has 0 aromatic carbocycles. The van der Waals surface area contributed by atoms with Gasteiger partial charge in [0.1, 0.15) is 11.5 Å². The van der Waals surface area contributed by atoms with Gasteiger partial charge in [0, 0.05) is 12.6 Å². The quantitative estimate of drug-likeness (QED) is 0.777. The first-order valence-electron chi connectivity index (χ1n) is 6.27. The largest absolute Gasteiger partial charge is 0.365 e. The Kier molecular flexibility index (Phi) is 4.28. The number of amides is 1. The van der Waals surface area contributed by atoms with Gasteiger partial charge in [0.05, 0.1) is 12.4 Å². The van der Waals surface area contributed by atoms with E-state index in [4.69, 9.17) is 0 Å². The SMILES string of the molecule is C=CCNc1cnc(C(=O)NC2CCCC2)cn1. The van der Waals surface area contributed by atoms with E-state index in [9.17, 15) is 4.79 Å². The van der Waals surface area contributed by atoms with Gasteiger partial charge < -0.3 is 10.6 Å². The number of rotatable bonds is 5. The van der Waals surface area contributed by atoms with Crippen molar-refractivity contribution < 1.29 is 4.79 Å². The van der Waals surface area contributed by atoms with Crippen LogP contribution in [-0.4, -0.2) is 28.5 Å². The molecule has 1 aliphatic carbocycles. The van der Waals surface area contributed by atoms with Gasteiger partial charge in [0.15, 0.2) is 0 Å². The number of nitrogens with one attached hydrogen (secondary N) is 2. The van der Waals surface area contributed by atoms with Crippen molar-refractivity contribution in [1.29, 1.82) is 0 Å². The zero-order chi connectivity index (χ0) is 12.8. The molecule has 1 aromatic heterocycles. The van der Waals surface area contributed by atoms with Crippen molar-refractivity contribution in [3.05, 3.63) is 30.7 Å². The van der Waals surface area contributed by atoms with Crippen molar-refractivity contribution in [2.45, 2.75) is 31.7 Å². The zero-order valence-electron chi connectivity index (χ0n) is 10.4. The molecule has 96 valence electrons. The Hall–Kier alpha value is -1.91. The van der Waals surface area contributed by atoms with Crippen LogP contribution in [0.4, 0.5) is 5.82 Å². The van der Waals surface area contributed by atoms with Crippen LogP contribution < -0.4 is 10.6 Å². The first-order valence-corrected chi connectivity index (χ1v) is 6.27. The van der Waals surface area contributed by atoms with Gasteiger partial charge in [-0.15, -0.1) is 6.58 Å². The van der Waals surface area contributed by atoms with Gasteiger partial charge in [0.2, 0.25) is 0 Å². The first kappa shape index (κ1) is 12.5. The van der Waals surface area contributed by atoms with Gasteiger partial charge in [-0.25, -0.2) is 9.97 Å². The summed E-state index contributed by atoms with van der Waals surface area (Å²) in [4.78, 5) is 20.1. The molecule has 5 nitrogen and oxygen atoms in total. The molecule has 0 atom stereocenters. The Bertz CT molecular complexity index is 410. The van der Waals surface area contributed by atoms with Crippen LogP contribution in [0.15, 0.2) is 25.0 Å². The minimum atomic E-state index is -0.135. The van der Waals surface area contributed by atoms with E-state index in [0.29, 0.717) is 24.1 Å². The summed E-state index contributed by atoms with van der Waals surface area (Å²) in [5.74, 6) is 0.511. The van der Waals surface area contributed by atoms with Gasteiger partial charge in [-0.3, -0.25) is 4.79 Å². The Morgan fingerprint density at radius 2 is 2.17 bits per heavy atom. The number of carbonyl (C=O) groups is 1. The molecular formula is C13H18N4O. The van der Waals surface area contributed by atoms with Crippen molar-refractivity contribution in [1.82, 2.24) is 15.3 Å². The molecule has 1 amide bonds. The molecule has 0 bridgehead atoms. The van der Waals surface area contributed by atoms with Gasteiger partial charge in [-0.2, -0.15) is 0 Å². The van der Waals surface area contributed by atoms with E-state index in [1.54, 1.807) is 12.3 Å². The lowest BCUT2D eigenvalue weighted by atomic mass is 10.2. The normalized spacial score (nSPS) is 15.3. The van der Waals surface area contributed by atoms with Gasteiger partial charge in [0.25, 0.3) is 5.91 Å².